The van der Waals surface area contributed by atoms with Crippen LogP contribution in [0.5, 0.6) is 0 Å². The van der Waals surface area contributed by atoms with Crippen molar-refractivity contribution in [1.29, 1.82) is 0 Å². The molecule has 2 aromatic carbocycles. The van der Waals surface area contributed by atoms with Crippen LogP contribution in [0.3, 0.4) is 0 Å². The van der Waals surface area contributed by atoms with Gasteiger partial charge in [0.2, 0.25) is 0 Å². The number of thiol groups is 1. The Hall–Kier alpha value is -1.73. The van der Waals surface area contributed by atoms with Crippen molar-refractivity contribution in [2.75, 3.05) is 0 Å². The third-order valence-corrected chi connectivity index (χ3v) is 2.76. The summed E-state index contributed by atoms with van der Waals surface area (Å²) in [6.07, 6.45) is 0. The van der Waals surface area contributed by atoms with Crippen LogP contribution in [0.25, 0.3) is 23.9 Å². The maximum atomic E-state index is 4.37. The third-order valence-electron chi connectivity index (χ3n) is 2.48. The number of benzene rings is 1. The molecule has 2 aromatic rings. The summed E-state index contributed by atoms with van der Waals surface area (Å²) in [4.78, 5) is 0.875. The van der Waals surface area contributed by atoms with E-state index in [4.69, 9.17) is 0 Å². The summed E-state index contributed by atoms with van der Waals surface area (Å²) in [5.74, 6) is 0. The van der Waals surface area contributed by atoms with Crippen LogP contribution < -0.4 is 10.4 Å². The number of hydrogen-bond donors (Lipinski definition) is 1. The minimum Gasteiger partial charge on any atom is -0.143 e. The van der Waals surface area contributed by atoms with E-state index in [1.165, 1.54) is 0 Å². The molecule has 0 aliphatic heterocycles. The van der Waals surface area contributed by atoms with E-state index in [1.54, 1.807) is 0 Å². The van der Waals surface area contributed by atoms with Crippen molar-refractivity contribution < 1.29 is 0 Å². The molecule has 0 bridgehead atoms. The smallest absolute Gasteiger partial charge is 0.00459 e. The van der Waals surface area contributed by atoms with Crippen molar-refractivity contribution in [2.24, 2.45) is 0 Å². The van der Waals surface area contributed by atoms with Crippen LogP contribution >= 0.6 is 12.6 Å². The average molecular weight is 238 g/mol. The molecule has 0 nitrogen and oxygen atoms in total. The highest BCUT2D eigenvalue weighted by Gasteiger charge is 1.87. The molecule has 0 aromatic heterocycles. The van der Waals surface area contributed by atoms with Gasteiger partial charge < -0.3 is 0 Å². The van der Waals surface area contributed by atoms with Crippen molar-refractivity contribution in [1.82, 2.24) is 0 Å². The van der Waals surface area contributed by atoms with Gasteiger partial charge in [-0.3, -0.25) is 0 Å². The molecular weight excluding hydrogens is 224 g/mol. The lowest BCUT2D eigenvalue weighted by molar-refractivity contribution is 1.47. The Kier molecular flexibility index (Phi) is 3.50. The summed E-state index contributed by atoms with van der Waals surface area (Å²) in [6.45, 7) is 8.01. The molecule has 2 rings (SSSR count). The largest absolute Gasteiger partial charge is 0.143 e. The average Bonchev–Trinajstić information content (AvgIpc) is 2.28. The SMILES string of the molecule is C=c1ccc(S)cc(=C)cc2ccccc2c1. The van der Waals surface area contributed by atoms with E-state index in [0.29, 0.717) is 0 Å². The van der Waals surface area contributed by atoms with Crippen molar-refractivity contribution >= 4 is 36.6 Å². The first-order valence-electron chi connectivity index (χ1n) is 5.40. The molecule has 0 fully saturated rings. The summed E-state index contributed by atoms with van der Waals surface area (Å²) < 4.78 is 0. The Balaban J connectivity index is 2.99. The molecule has 0 amide bonds. The lowest BCUT2D eigenvalue weighted by Crippen LogP contribution is -1.95. The molecule has 0 aliphatic rings. The predicted octanol–water partition coefficient (Wildman–Crippen LogP) is 3.07. The fourth-order valence-corrected chi connectivity index (χ4v) is 1.93. The van der Waals surface area contributed by atoms with E-state index < -0.39 is 0 Å². The van der Waals surface area contributed by atoms with Gasteiger partial charge in [0.25, 0.3) is 0 Å². The van der Waals surface area contributed by atoms with Crippen LogP contribution in [-0.2, 0) is 0 Å². The molecule has 1 heteroatoms. The Labute approximate surface area is 107 Å². The topological polar surface area (TPSA) is 0 Å². The number of rotatable bonds is 0. The van der Waals surface area contributed by atoms with Crippen molar-refractivity contribution in [3.8, 4) is 0 Å². The van der Waals surface area contributed by atoms with Gasteiger partial charge in [0.1, 0.15) is 0 Å². The van der Waals surface area contributed by atoms with Gasteiger partial charge in [-0.25, -0.2) is 0 Å². The zero-order valence-electron chi connectivity index (χ0n) is 9.56. The van der Waals surface area contributed by atoms with Crippen LogP contribution in [0.1, 0.15) is 0 Å². The number of fused-ring (bicyclic) bond motifs is 1. The van der Waals surface area contributed by atoms with E-state index in [-0.39, 0.29) is 0 Å². The minimum atomic E-state index is 0.875. The second-order valence-electron chi connectivity index (χ2n) is 3.97. The van der Waals surface area contributed by atoms with Gasteiger partial charge in [-0.1, -0.05) is 43.5 Å². The maximum Gasteiger partial charge on any atom is 0.00459 e. The molecule has 0 atom stereocenters. The first-order chi connectivity index (χ1) is 8.15. The Bertz CT molecular complexity index is 700. The van der Waals surface area contributed by atoms with Crippen molar-refractivity contribution in [3.05, 3.63) is 65.0 Å². The Morgan fingerprint density at radius 2 is 1.29 bits per heavy atom. The summed E-state index contributed by atoms with van der Waals surface area (Å²) in [6, 6.07) is 18.1. The highest BCUT2D eigenvalue weighted by atomic mass is 32.1. The molecular formula is C16H14S. The van der Waals surface area contributed by atoms with Crippen molar-refractivity contribution in [2.45, 2.75) is 4.90 Å². The van der Waals surface area contributed by atoms with E-state index in [2.05, 4.69) is 50.1 Å². The molecule has 0 radical (unpaired) electrons. The second-order valence-corrected chi connectivity index (χ2v) is 4.49. The monoisotopic (exact) mass is 238 g/mol. The predicted molar refractivity (Wildman–Crippen MR) is 79.1 cm³/mol. The van der Waals surface area contributed by atoms with Gasteiger partial charge in [-0.05, 0) is 45.5 Å². The van der Waals surface area contributed by atoms with E-state index in [9.17, 15) is 0 Å². The zero-order valence-corrected chi connectivity index (χ0v) is 10.5. The van der Waals surface area contributed by atoms with Crippen molar-refractivity contribution in [3.63, 3.8) is 0 Å². The van der Waals surface area contributed by atoms with Crippen LogP contribution in [0, 0.1) is 0 Å². The Morgan fingerprint density at radius 1 is 0.706 bits per heavy atom. The fraction of sp³-hybridized carbons (Fsp3) is 0. The molecule has 0 aliphatic carbocycles. The lowest BCUT2D eigenvalue weighted by Gasteiger charge is -1.93. The first kappa shape index (κ1) is 11.7. The fourth-order valence-electron chi connectivity index (χ4n) is 1.69. The third kappa shape index (κ3) is 3.11. The van der Waals surface area contributed by atoms with Gasteiger partial charge in [0.15, 0.2) is 0 Å². The second kappa shape index (κ2) is 5.07. The van der Waals surface area contributed by atoms with Gasteiger partial charge in [0, 0.05) is 4.90 Å². The first-order valence-corrected chi connectivity index (χ1v) is 5.85. The summed E-state index contributed by atoms with van der Waals surface area (Å²) in [5, 5.41) is 4.19. The van der Waals surface area contributed by atoms with Crippen LogP contribution in [0.15, 0.2) is 59.5 Å². The molecule has 17 heavy (non-hydrogen) atoms. The van der Waals surface area contributed by atoms with E-state index >= 15 is 0 Å². The summed E-state index contributed by atoms with van der Waals surface area (Å²) in [7, 11) is 0. The summed E-state index contributed by atoms with van der Waals surface area (Å²) in [5.41, 5.74) is 0. The van der Waals surface area contributed by atoms with Crippen LogP contribution in [0.2, 0.25) is 0 Å². The minimum absolute atomic E-state index is 0.875. The van der Waals surface area contributed by atoms with Gasteiger partial charge in [0.05, 0.1) is 0 Å². The standard InChI is InChI=1S/C16H14S/c1-12-7-8-16(17)11-13(2)10-15-6-4-3-5-14(15)9-12/h3-11,17H,1-2H2. The highest BCUT2D eigenvalue weighted by Crippen LogP contribution is 2.07. The molecule has 0 saturated heterocycles. The maximum absolute atomic E-state index is 4.37. The molecule has 0 unspecified atom stereocenters. The van der Waals surface area contributed by atoms with Gasteiger partial charge >= 0.3 is 0 Å². The summed E-state index contributed by atoms with van der Waals surface area (Å²) >= 11 is 4.37. The quantitative estimate of drug-likeness (QED) is 0.670. The normalized spacial score (nSPS) is 9.94. The Morgan fingerprint density at radius 3 is 1.94 bits per heavy atom. The van der Waals surface area contributed by atoms with Gasteiger partial charge in [-0.15, -0.1) is 12.6 Å². The lowest BCUT2D eigenvalue weighted by atomic mass is 10.1. The highest BCUT2D eigenvalue weighted by molar-refractivity contribution is 7.80. The van der Waals surface area contributed by atoms with E-state index in [1.807, 2.05) is 30.3 Å². The van der Waals surface area contributed by atoms with Crippen LogP contribution in [0.4, 0.5) is 0 Å². The number of hydrogen-bond acceptors (Lipinski definition) is 1. The molecule has 0 saturated carbocycles. The molecule has 84 valence electrons. The van der Waals surface area contributed by atoms with Gasteiger partial charge in [-0.2, -0.15) is 0 Å². The molecule has 0 spiro atoms. The zero-order chi connectivity index (χ0) is 12.3. The molecule has 0 heterocycles. The molecule has 0 N–H and O–H groups in total. The van der Waals surface area contributed by atoms with E-state index in [0.717, 1.165) is 26.1 Å². The van der Waals surface area contributed by atoms with Crippen LogP contribution in [-0.4, -0.2) is 0 Å².